The highest BCUT2D eigenvalue weighted by atomic mass is 127. The maximum Gasteiger partial charge on any atom is 0.258 e. The molecule has 25 heavy (non-hydrogen) atoms. The van der Waals surface area contributed by atoms with Gasteiger partial charge in [-0.3, -0.25) is 4.79 Å². The number of ether oxygens (including phenoxy) is 1. The molecule has 1 heterocycles. The van der Waals surface area contributed by atoms with Gasteiger partial charge in [-0.05, 0) is 58.0 Å². The van der Waals surface area contributed by atoms with Crippen molar-refractivity contribution in [2.45, 2.75) is 13.1 Å². The second kappa shape index (κ2) is 8.61. The summed E-state index contributed by atoms with van der Waals surface area (Å²) in [5, 5.41) is 6.93. The van der Waals surface area contributed by atoms with E-state index in [1.165, 1.54) is 6.33 Å². The Morgan fingerprint density at radius 1 is 1.08 bits per heavy atom. The molecule has 0 aliphatic rings. The fraction of sp³-hybridized carbons (Fsp3) is 0.167. The van der Waals surface area contributed by atoms with Gasteiger partial charge in [-0.2, -0.15) is 5.10 Å². The summed E-state index contributed by atoms with van der Waals surface area (Å²) in [5.74, 6) is 0.540. The van der Waals surface area contributed by atoms with Gasteiger partial charge in [0.05, 0.1) is 6.54 Å². The molecule has 2 aromatic carbocycles. The minimum absolute atomic E-state index is 0.00494. The number of hydrogen-bond donors (Lipinski definition) is 1. The average molecular weight is 448 g/mol. The zero-order chi connectivity index (χ0) is 17.5. The first-order valence-corrected chi connectivity index (χ1v) is 8.82. The highest BCUT2D eigenvalue weighted by molar-refractivity contribution is 14.1. The van der Waals surface area contributed by atoms with E-state index in [0.717, 1.165) is 14.7 Å². The van der Waals surface area contributed by atoms with Gasteiger partial charge < -0.3 is 10.1 Å². The minimum Gasteiger partial charge on any atom is -0.484 e. The Hall–Kier alpha value is -2.42. The number of hydrogen-bond acceptors (Lipinski definition) is 4. The third kappa shape index (κ3) is 5.56. The molecule has 3 rings (SSSR count). The van der Waals surface area contributed by atoms with Crippen LogP contribution in [-0.2, 0) is 17.9 Å². The molecule has 1 amide bonds. The first-order chi connectivity index (χ1) is 12.2. The molecule has 0 atom stereocenters. The second-order valence-corrected chi connectivity index (χ2v) is 6.67. The summed E-state index contributed by atoms with van der Waals surface area (Å²) in [7, 11) is 0. The van der Waals surface area contributed by atoms with E-state index in [0.29, 0.717) is 18.8 Å². The monoisotopic (exact) mass is 448 g/mol. The lowest BCUT2D eigenvalue weighted by Crippen LogP contribution is -2.28. The molecule has 0 unspecified atom stereocenters. The molecule has 3 aromatic rings. The molecule has 0 radical (unpaired) electrons. The number of rotatable bonds is 7. The predicted octanol–water partition coefficient (Wildman–Crippen LogP) is 2.63. The Bertz CT molecular complexity index is 802. The number of aromatic nitrogens is 3. The maximum absolute atomic E-state index is 11.9. The van der Waals surface area contributed by atoms with Gasteiger partial charge in [0.2, 0.25) is 0 Å². The van der Waals surface area contributed by atoms with Crippen molar-refractivity contribution in [1.82, 2.24) is 20.1 Å². The van der Waals surface area contributed by atoms with Crippen molar-refractivity contribution in [1.29, 1.82) is 0 Å². The second-order valence-electron chi connectivity index (χ2n) is 5.43. The van der Waals surface area contributed by atoms with Crippen molar-refractivity contribution >= 4 is 28.5 Å². The lowest BCUT2D eigenvalue weighted by molar-refractivity contribution is -0.123. The quantitative estimate of drug-likeness (QED) is 0.565. The molecule has 6 nitrogen and oxygen atoms in total. The summed E-state index contributed by atoms with van der Waals surface area (Å²) >= 11 is 2.22. The summed E-state index contributed by atoms with van der Waals surface area (Å²) in [6.07, 6.45) is 3.20. The minimum atomic E-state index is -0.148. The van der Waals surface area contributed by atoms with Crippen LogP contribution in [0.1, 0.15) is 11.1 Å². The molecule has 0 aliphatic carbocycles. The molecule has 0 aliphatic heterocycles. The molecule has 128 valence electrons. The third-order valence-corrected chi connectivity index (χ3v) is 4.23. The first kappa shape index (κ1) is 17.4. The predicted molar refractivity (Wildman–Crippen MR) is 102 cm³/mol. The summed E-state index contributed by atoms with van der Waals surface area (Å²) in [6.45, 7) is 1.15. The smallest absolute Gasteiger partial charge is 0.258 e. The zero-order valence-electron chi connectivity index (χ0n) is 13.4. The number of carbonyl (C=O) groups excluding carboxylic acids is 1. The third-order valence-electron chi connectivity index (χ3n) is 3.51. The normalized spacial score (nSPS) is 10.4. The van der Waals surface area contributed by atoms with E-state index >= 15 is 0 Å². The molecule has 1 N–H and O–H groups in total. The molecule has 0 spiro atoms. The van der Waals surface area contributed by atoms with Crippen LogP contribution >= 0.6 is 22.6 Å². The maximum atomic E-state index is 11.9. The Balaban J connectivity index is 1.43. The Morgan fingerprint density at radius 2 is 1.80 bits per heavy atom. The van der Waals surface area contributed by atoms with E-state index in [4.69, 9.17) is 4.74 Å². The first-order valence-electron chi connectivity index (χ1n) is 7.74. The number of halogens is 1. The molecule has 7 heteroatoms. The van der Waals surface area contributed by atoms with Crippen molar-refractivity contribution in [3.8, 4) is 5.75 Å². The Morgan fingerprint density at radius 3 is 2.48 bits per heavy atom. The largest absolute Gasteiger partial charge is 0.484 e. The van der Waals surface area contributed by atoms with Crippen LogP contribution in [0.2, 0.25) is 0 Å². The van der Waals surface area contributed by atoms with Gasteiger partial charge in [0.1, 0.15) is 18.4 Å². The summed E-state index contributed by atoms with van der Waals surface area (Å²) in [5.41, 5.74) is 2.16. The van der Waals surface area contributed by atoms with E-state index < -0.39 is 0 Å². The van der Waals surface area contributed by atoms with Crippen LogP contribution in [0.4, 0.5) is 0 Å². The highest BCUT2D eigenvalue weighted by Crippen LogP contribution is 2.13. The van der Waals surface area contributed by atoms with Crippen LogP contribution in [0.15, 0.2) is 61.2 Å². The van der Waals surface area contributed by atoms with Crippen LogP contribution in [-0.4, -0.2) is 27.3 Å². The standard InChI is InChI=1S/C18H17IN4O2/c19-16-5-7-17(8-6-16)25-11-18(24)21-9-14-1-3-15(4-2-14)10-23-13-20-12-22-23/h1-8,12-13H,9-11H2,(H,21,24). The van der Waals surface area contributed by atoms with Crippen molar-refractivity contribution < 1.29 is 9.53 Å². The lowest BCUT2D eigenvalue weighted by atomic mass is 10.1. The Kier molecular flexibility index (Phi) is 5.99. The van der Waals surface area contributed by atoms with E-state index in [1.54, 1.807) is 11.0 Å². The van der Waals surface area contributed by atoms with Crippen molar-refractivity contribution in [3.63, 3.8) is 0 Å². The van der Waals surface area contributed by atoms with Crippen LogP contribution in [0.25, 0.3) is 0 Å². The molecule has 0 bridgehead atoms. The molecular formula is C18H17IN4O2. The number of nitrogens with zero attached hydrogens (tertiary/aromatic N) is 3. The van der Waals surface area contributed by atoms with E-state index in [2.05, 4.69) is 38.0 Å². The van der Waals surface area contributed by atoms with Crippen molar-refractivity contribution in [2.75, 3.05) is 6.61 Å². The van der Waals surface area contributed by atoms with E-state index in [-0.39, 0.29) is 12.5 Å². The average Bonchev–Trinajstić information content (AvgIpc) is 3.14. The van der Waals surface area contributed by atoms with Gasteiger partial charge in [-0.1, -0.05) is 24.3 Å². The Labute approximate surface area is 159 Å². The van der Waals surface area contributed by atoms with Gasteiger partial charge in [0.25, 0.3) is 5.91 Å². The van der Waals surface area contributed by atoms with Gasteiger partial charge in [0.15, 0.2) is 6.61 Å². The molecule has 0 fully saturated rings. The highest BCUT2D eigenvalue weighted by Gasteiger charge is 2.03. The van der Waals surface area contributed by atoms with Gasteiger partial charge in [0, 0.05) is 10.1 Å². The van der Waals surface area contributed by atoms with Crippen LogP contribution in [0.5, 0.6) is 5.75 Å². The number of nitrogens with one attached hydrogen (secondary N) is 1. The SMILES string of the molecule is O=C(COc1ccc(I)cc1)NCc1ccc(Cn2cncn2)cc1. The summed E-state index contributed by atoms with van der Waals surface area (Å²) in [4.78, 5) is 15.8. The zero-order valence-corrected chi connectivity index (χ0v) is 15.6. The fourth-order valence-electron chi connectivity index (χ4n) is 2.20. The fourth-order valence-corrected chi connectivity index (χ4v) is 2.55. The summed E-state index contributed by atoms with van der Waals surface area (Å²) in [6, 6.07) is 15.6. The van der Waals surface area contributed by atoms with Crippen LogP contribution in [0.3, 0.4) is 0 Å². The van der Waals surface area contributed by atoms with E-state index in [1.807, 2.05) is 48.5 Å². The van der Waals surface area contributed by atoms with Crippen LogP contribution < -0.4 is 10.1 Å². The lowest BCUT2D eigenvalue weighted by Gasteiger charge is -2.08. The van der Waals surface area contributed by atoms with Gasteiger partial charge in [-0.15, -0.1) is 0 Å². The topological polar surface area (TPSA) is 69.0 Å². The molecule has 0 saturated heterocycles. The molecular weight excluding hydrogens is 431 g/mol. The number of benzene rings is 2. The van der Waals surface area contributed by atoms with Gasteiger partial charge in [-0.25, -0.2) is 9.67 Å². The molecule has 0 saturated carbocycles. The van der Waals surface area contributed by atoms with Gasteiger partial charge >= 0.3 is 0 Å². The van der Waals surface area contributed by atoms with Crippen molar-refractivity contribution in [3.05, 3.63) is 75.9 Å². The summed E-state index contributed by atoms with van der Waals surface area (Å²) < 4.78 is 8.35. The number of carbonyl (C=O) groups is 1. The van der Waals surface area contributed by atoms with E-state index in [9.17, 15) is 4.79 Å². The van der Waals surface area contributed by atoms with Crippen LogP contribution in [0, 0.1) is 3.57 Å². The number of amides is 1. The van der Waals surface area contributed by atoms with Crippen molar-refractivity contribution in [2.24, 2.45) is 0 Å². The molecule has 1 aromatic heterocycles.